The number of carboxylic acids is 1. The van der Waals surface area contributed by atoms with Crippen LogP contribution in [0, 0.1) is 0 Å². The maximum atomic E-state index is 9.98. The van der Waals surface area contributed by atoms with E-state index in [1.807, 2.05) is 0 Å². The number of hydrogen-bond donors (Lipinski definition) is 2. The Morgan fingerprint density at radius 2 is 2.09 bits per heavy atom. The van der Waals surface area contributed by atoms with Gasteiger partial charge in [0.05, 0.1) is 25.2 Å². The Kier molecular flexibility index (Phi) is 4.07. The Bertz CT molecular complexity index is 125. The van der Waals surface area contributed by atoms with Gasteiger partial charge in [-0.25, -0.2) is 0 Å². The molecule has 0 unspecified atom stereocenters. The van der Waals surface area contributed by atoms with Crippen molar-refractivity contribution in [3.05, 3.63) is 0 Å². The quantitative estimate of drug-likeness (QED) is 0.568. The number of aliphatic hydroxyl groups is 1. The summed E-state index contributed by atoms with van der Waals surface area (Å²) >= 11 is 0. The van der Waals surface area contributed by atoms with Crippen molar-refractivity contribution in [1.29, 1.82) is 0 Å². The van der Waals surface area contributed by atoms with Gasteiger partial charge in [0.1, 0.15) is 0 Å². The number of rotatable bonds is 5. The molecule has 0 amide bonds. The molecule has 0 aliphatic heterocycles. The molecule has 0 radical (unpaired) electrons. The summed E-state index contributed by atoms with van der Waals surface area (Å²) in [6.45, 7) is 3.53. The van der Waals surface area contributed by atoms with Crippen molar-refractivity contribution in [1.82, 2.24) is 0 Å². The summed E-state index contributed by atoms with van der Waals surface area (Å²) < 4.78 is 4.88. The predicted molar refractivity (Wildman–Crippen MR) is 39.4 cm³/mol. The van der Waals surface area contributed by atoms with Crippen molar-refractivity contribution < 1.29 is 19.7 Å². The third kappa shape index (κ3) is 9.39. The first kappa shape index (κ1) is 10.4. The minimum Gasteiger partial charge on any atom is -0.481 e. The number of aliphatic carboxylic acids is 1. The largest absolute Gasteiger partial charge is 0.481 e. The molecule has 0 aromatic heterocycles. The van der Waals surface area contributed by atoms with Crippen LogP contribution < -0.4 is 0 Å². The molecule has 0 saturated carbocycles. The molecule has 11 heavy (non-hydrogen) atoms. The Hall–Kier alpha value is -0.610. The Labute approximate surface area is 65.8 Å². The molecule has 4 nitrogen and oxygen atoms in total. The van der Waals surface area contributed by atoms with Crippen molar-refractivity contribution >= 4 is 5.97 Å². The molecule has 0 bridgehead atoms. The molecule has 66 valence electrons. The molecule has 0 rings (SSSR count). The van der Waals surface area contributed by atoms with E-state index in [9.17, 15) is 4.79 Å². The van der Waals surface area contributed by atoms with Crippen molar-refractivity contribution in [2.45, 2.75) is 25.9 Å². The van der Waals surface area contributed by atoms with Gasteiger partial charge in [0.25, 0.3) is 0 Å². The van der Waals surface area contributed by atoms with Gasteiger partial charge in [0, 0.05) is 0 Å². The van der Waals surface area contributed by atoms with Crippen LogP contribution in [-0.2, 0) is 9.53 Å². The molecule has 0 atom stereocenters. The van der Waals surface area contributed by atoms with E-state index in [1.165, 1.54) is 0 Å². The highest BCUT2D eigenvalue weighted by Gasteiger charge is 2.12. The summed E-state index contributed by atoms with van der Waals surface area (Å²) in [6.07, 6.45) is -0.0178. The number of carboxylic acid groups (broad SMARTS) is 1. The third-order valence-electron chi connectivity index (χ3n) is 0.916. The van der Waals surface area contributed by atoms with Crippen LogP contribution in [0.4, 0.5) is 0 Å². The summed E-state index contributed by atoms with van der Waals surface area (Å²) in [6, 6.07) is 0. The highest BCUT2D eigenvalue weighted by Crippen LogP contribution is 2.00. The van der Waals surface area contributed by atoms with Gasteiger partial charge in [-0.15, -0.1) is 0 Å². The minimum absolute atomic E-state index is 0.0178. The van der Waals surface area contributed by atoms with E-state index in [0.717, 1.165) is 0 Å². The molecule has 0 aromatic rings. The van der Waals surface area contributed by atoms with E-state index in [2.05, 4.69) is 0 Å². The predicted octanol–water partition coefficient (Wildman–Crippen LogP) is 0.249. The fourth-order valence-electron chi connectivity index (χ4n) is 0.481. The van der Waals surface area contributed by atoms with Crippen molar-refractivity contribution in [2.75, 3.05) is 13.2 Å². The van der Waals surface area contributed by atoms with Gasteiger partial charge in [-0.2, -0.15) is 0 Å². The van der Waals surface area contributed by atoms with Crippen LogP contribution in [0.1, 0.15) is 20.3 Å². The lowest BCUT2D eigenvalue weighted by atomic mass is 10.2. The van der Waals surface area contributed by atoms with Crippen molar-refractivity contribution in [3.8, 4) is 0 Å². The highest BCUT2D eigenvalue weighted by atomic mass is 16.5. The monoisotopic (exact) mass is 162 g/mol. The van der Waals surface area contributed by atoms with Gasteiger partial charge in [-0.05, 0) is 13.8 Å². The Balaban J connectivity index is 3.22. The van der Waals surface area contributed by atoms with E-state index in [-0.39, 0.29) is 19.6 Å². The lowest BCUT2D eigenvalue weighted by Crippen LogP contribution is -2.26. The smallest absolute Gasteiger partial charge is 0.305 e. The maximum absolute atomic E-state index is 9.98. The normalized spacial score (nSPS) is 11.5. The number of ether oxygens (including phenoxy) is 1. The second kappa shape index (κ2) is 4.31. The van der Waals surface area contributed by atoms with Crippen LogP contribution in [0.15, 0.2) is 0 Å². The van der Waals surface area contributed by atoms with E-state index < -0.39 is 11.6 Å². The first-order valence-electron chi connectivity index (χ1n) is 3.44. The summed E-state index contributed by atoms with van der Waals surface area (Å²) in [7, 11) is 0. The molecule has 2 N–H and O–H groups in total. The van der Waals surface area contributed by atoms with Crippen LogP contribution in [0.2, 0.25) is 0 Å². The zero-order valence-corrected chi connectivity index (χ0v) is 6.83. The molecule has 0 spiro atoms. The lowest BCUT2D eigenvalue weighted by molar-refractivity contribution is -0.138. The molecule has 0 saturated heterocycles. The maximum Gasteiger partial charge on any atom is 0.305 e. The SMILES string of the molecule is CC(C)(O)COCCC(=O)O. The van der Waals surface area contributed by atoms with Gasteiger partial charge in [0.2, 0.25) is 0 Å². The van der Waals surface area contributed by atoms with Gasteiger partial charge in [-0.1, -0.05) is 0 Å². The first-order chi connectivity index (χ1) is 4.92. The zero-order chi connectivity index (χ0) is 8.91. The number of hydrogen-bond acceptors (Lipinski definition) is 3. The second-order valence-corrected chi connectivity index (χ2v) is 3.01. The van der Waals surface area contributed by atoms with Gasteiger partial charge < -0.3 is 14.9 Å². The van der Waals surface area contributed by atoms with Crippen molar-refractivity contribution in [3.63, 3.8) is 0 Å². The molecule has 0 fully saturated rings. The summed E-state index contributed by atoms with van der Waals surface area (Å²) in [4.78, 5) is 9.98. The molecule has 0 aliphatic rings. The number of carbonyl (C=O) groups is 1. The fourth-order valence-corrected chi connectivity index (χ4v) is 0.481. The Morgan fingerprint density at radius 1 is 1.55 bits per heavy atom. The Morgan fingerprint density at radius 3 is 2.45 bits per heavy atom. The van der Waals surface area contributed by atoms with Gasteiger partial charge in [-0.3, -0.25) is 4.79 Å². The second-order valence-electron chi connectivity index (χ2n) is 3.01. The summed E-state index contributed by atoms with van der Waals surface area (Å²) in [5.74, 6) is -0.888. The van der Waals surface area contributed by atoms with Gasteiger partial charge in [0.15, 0.2) is 0 Å². The van der Waals surface area contributed by atoms with Crippen LogP contribution in [0.3, 0.4) is 0 Å². The van der Waals surface area contributed by atoms with E-state index in [0.29, 0.717) is 0 Å². The third-order valence-corrected chi connectivity index (χ3v) is 0.916. The van der Waals surface area contributed by atoms with Crippen LogP contribution in [0.25, 0.3) is 0 Å². The summed E-state index contributed by atoms with van der Waals surface area (Å²) in [5, 5.41) is 17.3. The highest BCUT2D eigenvalue weighted by molar-refractivity contribution is 5.66. The minimum atomic E-state index is -0.888. The van der Waals surface area contributed by atoms with Crippen LogP contribution >= 0.6 is 0 Å². The average Bonchev–Trinajstić information content (AvgIpc) is 1.78. The van der Waals surface area contributed by atoms with Crippen LogP contribution in [0.5, 0.6) is 0 Å². The van der Waals surface area contributed by atoms with E-state index in [1.54, 1.807) is 13.8 Å². The summed E-state index contributed by atoms with van der Waals surface area (Å²) in [5.41, 5.74) is -0.876. The molecular formula is C7H14O4. The van der Waals surface area contributed by atoms with E-state index in [4.69, 9.17) is 14.9 Å². The standard InChI is InChI=1S/C7H14O4/c1-7(2,10)5-11-4-3-6(8)9/h10H,3-5H2,1-2H3,(H,8,9). The average molecular weight is 162 g/mol. The lowest BCUT2D eigenvalue weighted by Gasteiger charge is -2.16. The fraction of sp³-hybridized carbons (Fsp3) is 0.857. The molecule has 0 heterocycles. The van der Waals surface area contributed by atoms with Crippen molar-refractivity contribution in [2.24, 2.45) is 0 Å². The van der Waals surface area contributed by atoms with Crippen LogP contribution in [-0.4, -0.2) is 35.0 Å². The topological polar surface area (TPSA) is 66.8 Å². The van der Waals surface area contributed by atoms with E-state index >= 15 is 0 Å². The first-order valence-corrected chi connectivity index (χ1v) is 3.44. The molecule has 0 aliphatic carbocycles. The molecular weight excluding hydrogens is 148 g/mol. The zero-order valence-electron chi connectivity index (χ0n) is 6.83. The molecule has 0 aromatic carbocycles. The van der Waals surface area contributed by atoms with Gasteiger partial charge >= 0.3 is 5.97 Å². The molecule has 4 heteroatoms.